The van der Waals surface area contributed by atoms with Gasteiger partial charge in [0.2, 0.25) is 0 Å². The maximum absolute atomic E-state index is 12.7. The second-order valence-electron chi connectivity index (χ2n) is 7.25. The molecular formula is C21H20Cl2N8O3. The second-order valence-corrected chi connectivity index (χ2v) is 8.07. The number of hydrogen-bond acceptors (Lipinski definition) is 6. The van der Waals surface area contributed by atoms with E-state index in [0.717, 1.165) is 5.56 Å². The zero-order valence-corrected chi connectivity index (χ0v) is 19.7. The van der Waals surface area contributed by atoms with Crippen molar-refractivity contribution in [1.82, 2.24) is 34.7 Å². The number of carbonyl (C=O) groups is 2. The predicted molar refractivity (Wildman–Crippen MR) is 125 cm³/mol. The number of ether oxygens (including phenoxy) is 1. The monoisotopic (exact) mass is 502 g/mol. The van der Waals surface area contributed by atoms with E-state index in [1.54, 1.807) is 55.6 Å². The first kappa shape index (κ1) is 23.3. The highest BCUT2D eigenvalue weighted by molar-refractivity contribution is 6.37. The van der Waals surface area contributed by atoms with E-state index in [1.807, 2.05) is 0 Å². The van der Waals surface area contributed by atoms with Gasteiger partial charge in [-0.05, 0) is 18.2 Å². The van der Waals surface area contributed by atoms with Crippen molar-refractivity contribution in [2.45, 2.75) is 13.3 Å². The van der Waals surface area contributed by atoms with Crippen LogP contribution in [0, 0.1) is 0 Å². The van der Waals surface area contributed by atoms with Crippen molar-refractivity contribution in [2.24, 2.45) is 14.1 Å². The number of aryl methyl sites for hydroxylation is 2. The molecule has 2 N–H and O–H groups in total. The molecule has 0 bridgehead atoms. The number of para-hydroxylation sites is 1. The van der Waals surface area contributed by atoms with Crippen molar-refractivity contribution in [2.75, 3.05) is 5.32 Å². The molecule has 1 aromatic carbocycles. The van der Waals surface area contributed by atoms with E-state index >= 15 is 0 Å². The van der Waals surface area contributed by atoms with E-state index in [-0.39, 0.29) is 30.4 Å². The van der Waals surface area contributed by atoms with E-state index < -0.39 is 11.8 Å². The molecule has 4 aromatic rings. The minimum absolute atomic E-state index is 0.00831. The minimum atomic E-state index is -0.510. The van der Waals surface area contributed by atoms with Crippen LogP contribution in [-0.4, -0.2) is 41.2 Å². The maximum Gasteiger partial charge on any atom is 0.276 e. The molecule has 0 fully saturated rings. The number of benzene rings is 1. The summed E-state index contributed by atoms with van der Waals surface area (Å²) in [6.07, 6.45) is 6.43. The number of hydrogen-bond donors (Lipinski definition) is 2. The summed E-state index contributed by atoms with van der Waals surface area (Å²) in [7, 11) is 3.40. The first-order valence-corrected chi connectivity index (χ1v) is 10.8. The van der Waals surface area contributed by atoms with E-state index in [9.17, 15) is 9.59 Å². The lowest BCUT2D eigenvalue weighted by molar-refractivity contribution is 0.0942. The Kier molecular flexibility index (Phi) is 6.85. The molecule has 0 unspecified atom stereocenters. The Bertz CT molecular complexity index is 1320. The van der Waals surface area contributed by atoms with Crippen molar-refractivity contribution in [1.29, 1.82) is 0 Å². The van der Waals surface area contributed by atoms with Gasteiger partial charge in [-0.2, -0.15) is 15.3 Å². The lowest BCUT2D eigenvalue weighted by atomic mass is 10.3. The summed E-state index contributed by atoms with van der Waals surface area (Å²) in [6, 6.07) is 6.54. The first-order valence-electron chi connectivity index (χ1n) is 10.0. The van der Waals surface area contributed by atoms with Crippen molar-refractivity contribution >= 4 is 40.7 Å². The topological polar surface area (TPSA) is 121 Å². The van der Waals surface area contributed by atoms with E-state index in [1.165, 1.54) is 21.6 Å². The highest BCUT2D eigenvalue weighted by atomic mass is 35.5. The van der Waals surface area contributed by atoms with E-state index in [4.69, 9.17) is 27.9 Å². The van der Waals surface area contributed by atoms with Gasteiger partial charge in [0.1, 0.15) is 5.69 Å². The third-order valence-electron chi connectivity index (χ3n) is 4.75. The molecule has 11 nitrogen and oxygen atoms in total. The molecule has 4 rings (SSSR count). The van der Waals surface area contributed by atoms with Crippen LogP contribution >= 0.6 is 23.2 Å². The largest absolute Gasteiger partial charge is 0.468 e. The Morgan fingerprint density at radius 2 is 1.82 bits per heavy atom. The van der Waals surface area contributed by atoms with Gasteiger partial charge < -0.3 is 15.4 Å². The standard InChI is InChI=1S/C21H20Cl2N8O3/c1-29-11-13(9-25-29)8-24-21(33)18-17(10-26-30(18)2)27-20(32)16-6-7-31(28-16)12-34-19-14(22)4-3-5-15(19)23/h3-7,9-11H,8,12H2,1-2H3,(H,24,33)(H,27,32). The molecule has 3 heterocycles. The quantitative estimate of drug-likeness (QED) is 0.382. The second kappa shape index (κ2) is 9.98. The summed E-state index contributed by atoms with van der Waals surface area (Å²) in [6.45, 7) is 0.275. The third kappa shape index (κ3) is 5.21. The molecule has 0 radical (unpaired) electrons. The zero-order chi connectivity index (χ0) is 24.2. The number of nitrogens with zero attached hydrogens (tertiary/aromatic N) is 6. The minimum Gasteiger partial charge on any atom is -0.468 e. The van der Waals surface area contributed by atoms with Gasteiger partial charge in [0.05, 0.1) is 28.1 Å². The van der Waals surface area contributed by atoms with Crippen molar-refractivity contribution in [3.63, 3.8) is 0 Å². The average molecular weight is 503 g/mol. The maximum atomic E-state index is 12.7. The molecular weight excluding hydrogens is 483 g/mol. The summed E-state index contributed by atoms with van der Waals surface area (Å²) >= 11 is 12.2. The highest BCUT2D eigenvalue weighted by Crippen LogP contribution is 2.32. The number of halogens is 2. The molecule has 0 saturated heterocycles. The fourth-order valence-corrected chi connectivity index (χ4v) is 3.63. The molecule has 3 aromatic heterocycles. The number of rotatable bonds is 8. The van der Waals surface area contributed by atoms with Crippen LogP contribution in [0.3, 0.4) is 0 Å². The molecule has 34 heavy (non-hydrogen) atoms. The first-order chi connectivity index (χ1) is 16.3. The Morgan fingerprint density at radius 1 is 1.06 bits per heavy atom. The van der Waals surface area contributed by atoms with Gasteiger partial charge in [0.25, 0.3) is 11.8 Å². The van der Waals surface area contributed by atoms with Gasteiger partial charge in [-0.25, -0.2) is 4.68 Å². The van der Waals surface area contributed by atoms with E-state index in [2.05, 4.69) is 25.9 Å². The van der Waals surface area contributed by atoms with Gasteiger partial charge in [-0.3, -0.25) is 19.0 Å². The van der Waals surface area contributed by atoms with Gasteiger partial charge in [-0.1, -0.05) is 29.3 Å². The van der Waals surface area contributed by atoms with Crippen LogP contribution in [0.1, 0.15) is 26.5 Å². The van der Waals surface area contributed by atoms with Gasteiger partial charge in [0.15, 0.2) is 18.2 Å². The summed E-state index contributed by atoms with van der Waals surface area (Å²) < 4.78 is 10.1. The Morgan fingerprint density at radius 3 is 2.53 bits per heavy atom. The van der Waals surface area contributed by atoms with Crippen molar-refractivity contribution in [3.8, 4) is 5.75 Å². The Hall–Kier alpha value is -3.83. The Labute approximate surface area is 204 Å². The van der Waals surface area contributed by atoms with Crippen LogP contribution in [-0.2, 0) is 27.4 Å². The average Bonchev–Trinajstić information content (AvgIpc) is 3.52. The highest BCUT2D eigenvalue weighted by Gasteiger charge is 2.20. The van der Waals surface area contributed by atoms with Crippen LogP contribution in [0.4, 0.5) is 5.69 Å². The van der Waals surface area contributed by atoms with Crippen LogP contribution in [0.15, 0.2) is 49.1 Å². The number of aromatic nitrogens is 6. The smallest absolute Gasteiger partial charge is 0.276 e. The number of amides is 2. The van der Waals surface area contributed by atoms with Crippen LogP contribution < -0.4 is 15.4 Å². The summed E-state index contributed by atoms with van der Waals surface area (Å²) in [4.78, 5) is 25.4. The molecule has 0 atom stereocenters. The molecule has 0 aliphatic rings. The zero-order valence-electron chi connectivity index (χ0n) is 18.2. The fourth-order valence-electron chi connectivity index (χ4n) is 3.12. The summed E-state index contributed by atoms with van der Waals surface area (Å²) in [5, 5.41) is 18.5. The van der Waals surface area contributed by atoms with Crippen molar-refractivity contribution < 1.29 is 14.3 Å². The molecule has 0 aliphatic carbocycles. The van der Waals surface area contributed by atoms with Crippen LogP contribution in [0.5, 0.6) is 5.75 Å². The van der Waals surface area contributed by atoms with Gasteiger partial charge >= 0.3 is 0 Å². The number of nitrogens with one attached hydrogen (secondary N) is 2. The fraction of sp³-hybridized carbons (Fsp3) is 0.190. The van der Waals surface area contributed by atoms with Gasteiger partial charge in [0, 0.05) is 38.6 Å². The predicted octanol–water partition coefficient (Wildman–Crippen LogP) is 2.88. The number of carbonyl (C=O) groups excluding carboxylic acids is 2. The number of anilines is 1. The molecule has 0 spiro atoms. The van der Waals surface area contributed by atoms with Crippen molar-refractivity contribution in [3.05, 3.63) is 76.0 Å². The molecule has 176 valence electrons. The molecule has 0 aliphatic heterocycles. The van der Waals surface area contributed by atoms with Crippen LogP contribution in [0.2, 0.25) is 10.0 Å². The third-order valence-corrected chi connectivity index (χ3v) is 5.34. The Balaban J connectivity index is 1.39. The van der Waals surface area contributed by atoms with Crippen LogP contribution in [0.25, 0.3) is 0 Å². The lowest BCUT2D eigenvalue weighted by Crippen LogP contribution is -2.26. The SMILES string of the molecule is Cn1cc(CNC(=O)c2c(NC(=O)c3ccn(COc4c(Cl)cccc4Cl)n3)cnn2C)cn1. The van der Waals surface area contributed by atoms with E-state index in [0.29, 0.717) is 15.8 Å². The summed E-state index contributed by atoms with van der Waals surface area (Å²) in [5.41, 5.74) is 1.42. The molecule has 0 saturated carbocycles. The lowest BCUT2D eigenvalue weighted by Gasteiger charge is -2.09. The molecule has 2 amide bonds. The molecule has 13 heteroatoms. The normalized spacial score (nSPS) is 10.8. The summed E-state index contributed by atoms with van der Waals surface area (Å²) in [5.74, 6) is -0.580. The van der Waals surface area contributed by atoms with Gasteiger partial charge in [-0.15, -0.1) is 0 Å².